The summed E-state index contributed by atoms with van der Waals surface area (Å²) in [5, 5.41) is 0. The fraction of sp³-hybridized carbons (Fsp3) is 0.500. The molecule has 0 radical (unpaired) electrons. The number of rotatable bonds is 5. The van der Waals surface area contributed by atoms with Gasteiger partial charge in [0.05, 0.1) is 24.7 Å². The van der Waals surface area contributed by atoms with E-state index < -0.39 is 0 Å². The Bertz CT molecular complexity index is 1050. The van der Waals surface area contributed by atoms with Gasteiger partial charge < -0.3 is 14.8 Å². The summed E-state index contributed by atoms with van der Waals surface area (Å²) in [5.74, 6) is 0.169. The van der Waals surface area contributed by atoms with Crippen LogP contribution >= 0.6 is 0 Å². The summed E-state index contributed by atoms with van der Waals surface area (Å²) in [7, 11) is 0. The summed E-state index contributed by atoms with van der Waals surface area (Å²) in [6, 6.07) is 5.63. The van der Waals surface area contributed by atoms with Crippen molar-refractivity contribution in [1.29, 1.82) is 0 Å². The maximum atomic E-state index is 13.2. The van der Waals surface area contributed by atoms with Gasteiger partial charge in [-0.2, -0.15) is 0 Å². The monoisotopic (exact) mass is 440 g/mol. The van der Waals surface area contributed by atoms with Crippen molar-refractivity contribution in [3.05, 3.63) is 63.1 Å². The van der Waals surface area contributed by atoms with Crippen molar-refractivity contribution in [2.24, 2.45) is 0 Å². The van der Waals surface area contributed by atoms with Crippen molar-refractivity contribution in [3.63, 3.8) is 0 Å². The minimum atomic E-state index is -0.334. The number of aromatic amines is 1. The summed E-state index contributed by atoms with van der Waals surface area (Å²) < 4.78 is 13.2. The molecule has 0 aliphatic carbocycles. The maximum Gasteiger partial charge on any atom is 0.254 e. The van der Waals surface area contributed by atoms with Crippen molar-refractivity contribution >= 4 is 11.8 Å². The first kappa shape index (κ1) is 22.2. The first-order valence-corrected chi connectivity index (χ1v) is 11.4. The lowest BCUT2D eigenvalue weighted by Crippen LogP contribution is -2.43. The van der Waals surface area contributed by atoms with Gasteiger partial charge in [0.2, 0.25) is 11.8 Å². The van der Waals surface area contributed by atoms with Crippen molar-refractivity contribution in [3.8, 4) is 0 Å². The van der Waals surface area contributed by atoms with Crippen molar-refractivity contribution in [2.45, 2.75) is 64.5 Å². The Morgan fingerprint density at radius 3 is 2.69 bits per heavy atom. The highest BCUT2D eigenvalue weighted by atomic mass is 19.1. The standard InChI is InChI=1S/C24H29FN4O3/c1-2-5-21(30)28-13-11-18-19(15-28)26-23(27-24(18)32)20-6-3-4-12-29(20)22(31)14-16-7-9-17(25)10-8-16/h7-10,20H,2-6,11-15H2,1H3,(H,26,27,32)/t20-/m1/s1. The van der Waals surface area contributed by atoms with Gasteiger partial charge in [-0.25, -0.2) is 9.37 Å². The number of nitrogens with zero attached hydrogens (tertiary/aromatic N) is 3. The zero-order chi connectivity index (χ0) is 22.7. The highest BCUT2D eigenvalue weighted by Gasteiger charge is 2.32. The van der Waals surface area contributed by atoms with Crippen LogP contribution in [-0.4, -0.2) is 44.7 Å². The number of H-pyrrole nitrogens is 1. The Morgan fingerprint density at radius 1 is 1.16 bits per heavy atom. The predicted molar refractivity (Wildman–Crippen MR) is 117 cm³/mol. The van der Waals surface area contributed by atoms with Gasteiger partial charge >= 0.3 is 0 Å². The third-order valence-corrected chi connectivity index (χ3v) is 6.32. The number of hydrogen-bond acceptors (Lipinski definition) is 4. The van der Waals surface area contributed by atoms with Gasteiger partial charge in [0.25, 0.3) is 5.56 Å². The fourth-order valence-electron chi connectivity index (χ4n) is 4.59. The molecule has 4 rings (SSSR count). The molecular weight excluding hydrogens is 411 g/mol. The number of benzene rings is 1. The van der Waals surface area contributed by atoms with Crippen LogP contribution in [0.1, 0.15) is 67.7 Å². The Morgan fingerprint density at radius 2 is 1.94 bits per heavy atom. The molecule has 1 fully saturated rings. The Labute approximate surface area is 186 Å². The topological polar surface area (TPSA) is 86.4 Å². The van der Waals surface area contributed by atoms with Gasteiger partial charge in [-0.3, -0.25) is 14.4 Å². The Hall–Kier alpha value is -3.03. The second-order valence-corrected chi connectivity index (χ2v) is 8.59. The molecule has 2 aliphatic heterocycles. The lowest BCUT2D eigenvalue weighted by atomic mass is 9.99. The minimum absolute atomic E-state index is 0.0681. The largest absolute Gasteiger partial charge is 0.336 e. The van der Waals surface area contributed by atoms with Crippen LogP contribution < -0.4 is 5.56 Å². The molecule has 8 heteroatoms. The zero-order valence-corrected chi connectivity index (χ0v) is 18.4. The van der Waals surface area contributed by atoms with E-state index in [1.54, 1.807) is 21.9 Å². The quantitative estimate of drug-likeness (QED) is 0.775. The number of nitrogens with one attached hydrogen (secondary N) is 1. The summed E-state index contributed by atoms with van der Waals surface area (Å²) in [4.78, 5) is 49.4. The molecule has 0 saturated carbocycles. The molecule has 170 valence electrons. The summed E-state index contributed by atoms with van der Waals surface area (Å²) in [6.45, 7) is 3.42. The van der Waals surface area contributed by atoms with E-state index in [1.165, 1.54) is 12.1 Å². The van der Waals surface area contributed by atoms with Crippen LogP contribution in [0, 0.1) is 5.82 Å². The number of carbonyl (C=O) groups is 2. The summed E-state index contributed by atoms with van der Waals surface area (Å²) >= 11 is 0. The smallest absolute Gasteiger partial charge is 0.254 e. The van der Waals surface area contributed by atoms with Crippen LogP contribution in [0.3, 0.4) is 0 Å². The molecule has 1 saturated heterocycles. The van der Waals surface area contributed by atoms with Crippen LogP contribution in [0.25, 0.3) is 0 Å². The van der Waals surface area contributed by atoms with Gasteiger partial charge in [-0.15, -0.1) is 0 Å². The van der Waals surface area contributed by atoms with E-state index in [2.05, 4.69) is 4.98 Å². The van der Waals surface area contributed by atoms with Crippen LogP contribution in [0.15, 0.2) is 29.1 Å². The van der Waals surface area contributed by atoms with E-state index in [-0.39, 0.29) is 35.7 Å². The minimum Gasteiger partial charge on any atom is -0.336 e. The van der Waals surface area contributed by atoms with E-state index in [0.29, 0.717) is 49.6 Å². The van der Waals surface area contributed by atoms with Crippen LogP contribution in [-0.2, 0) is 29.0 Å². The van der Waals surface area contributed by atoms with Gasteiger partial charge in [-0.05, 0) is 49.8 Å². The molecule has 2 amide bonds. The van der Waals surface area contributed by atoms with Crippen LogP contribution in [0.2, 0.25) is 0 Å². The number of aromatic nitrogens is 2. The van der Waals surface area contributed by atoms with Crippen LogP contribution in [0.4, 0.5) is 4.39 Å². The van der Waals surface area contributed by atoms with Gasteiger partial charge in [0, 0.05) is 25.1 Å². The first-order valence-electron chi connectivity index (χ1n) is 11.4. The molecule has 1 N–H and O–H groups in total. The molecule has 32 heavy (non-hydrogen) atoms. The molecule has 2 aromatic rings. The average Bonchev–Trinajstić information content (AvgIpc) is 2.80. The zero-order valence-electron chi connectivity index (χ0n) is 18.4. The van der Waals surface area contributed by atoms with Crippen LogP contribution in [0.5, 0.6) is 0 Å². The molecule has 1 atom stereocenters. The van der Waals surface area contributed by atoms with Crippen molar-refractivity contribution in [1.82, 2.24) is 19.8 Å². The maximum absolute atomic E-state index is 13.2. The highest BCUT2D eigenvalue weighted by molar-refractivity contribution is 5.79. The predicted octanol–water partition coefficient (Wildman–Crippen LogP) is 2.89. The second-order valence-electron chi connectivity index (χ2n) is 8.59. The highest BCUT2D eigenvalue weighted by Crippen LogP contribution is 2.30. The van der Waals surface area contributed by atoms with E-state index >= 15 is 0 Å². The van der Waals surface area contributed by atoms with Gasteiger partial charge in [0.15, 0.2) is 0 Å². The number of piperidine rings is 1. The lowest BCUT2D eigenvalue weighted by Gasteiger charge is -2.36. The molecular formula is C24H29FN4O3. The Kier molecular flexibility index (Phi) is 6.67. The fourth-order valence-corrected chi connectivity index (χ4v) is 4.59. The molecule has 0 spiro atoms. The average molecular weight is 441 g/mol. The third-order valence-electron chi connectivity index (χ3n) is 6.32. The second kappa shape index (κ2) is 9.63. The van der Waals surface area contributed by atoms with Gasteiger partial charge in [0.1, 0.15) is 11.6 Å². The molecule has 3 heterocycles. The normalized spacial score (nSPS) is 18.4. The molecule has 7 nitrogen and oxygen atoms in total. The Balaban J connectivity index is 1.57. The number of hydrogen-bond donors (Lipinski definition) is 1. The molecule has 1 aromatic heterocycles. The lowest BCUT2D eigenvalue weighted by molar-refractivity contribution is -0.134. The van der Waals surface area contributed by atoms with E-state index in [9.17, 15) is 18.8 Å². The van der Waals surface area contributed by atoms with E-state index in [4.69, 9.17) is 4.98 Å². The number of carbonyl (C=O) groups excluding carboxylic acids is 2. The molecule has 2 aliphatic rings. The van der Waals surface area contributed by atoms with E-state index in [0.717, 1.165) is 31.2 Å². The van der Waals surface area contributed by atoms with E-state index in [1.807, 2.05) is 6.92 Å². The SMILES string of the molecule is CCCC(=O)N1CCc2c(nc([C@H]3CCCCN3C(=O)Cc3ccc(F)cc3)[nH]c2=O)C1. The molecule has 0 bridgehead atoms. The summed E-state index contributed by atoms with van der Waals surface area (Å²) in [5.41, 5.74) is 1.84. The first-order chi connectivity index (χ1) is 15.5. The number of likely N-dealkylation sites (tertiary alicyclic amines) is 1. The number of fused-ring (bicyclic) bond motifs is 1. The van der Waals surface area contributed by atoms with Crippen molar-refractivity contribution < 1.29 is 14.0 Å². The molecule has 0 unspecified atom stereocenters. The molecule has 1 aromatic carbocycles. The van der Waals surface area contributed by atoms with Gasteiger partial charge in [-0.1, -0.05) is 19.1 Å². The third kappa shape index (κ3) is 4.74. The number of halogens is 1. The summed E-state index contributed by atoms with van der Waals surface area (Å²) in [6.07, 6.45) is 4.47. The van der Waals surface area contributed by atoms with Crippen molar-refractivity contribution in [2.75, 3.05) is 13.1 Å². The number of amides is 2.